The molecule has 364 valence electrons. The lowest BCUT2D eigenvalue weighted by molar-refractivity contribution is 0.153. The van der Waals surface area contributed by atoms with Crippen LogP contribution in [0, 0.1) is 0 Å². The minimum Gasteiger partial charge on any atom is -0.459 e. The van der Waals surface area contributed by atoms with Crippen LogP contribution >= 0.6 is 0 Å². The van der Waals surface area contributed by atoms with Gasteiger partial charge in [0.1, 0.15) is 12.2 Å². The largest absolute Gasteiger partial charge is 0.459 e. The van der Waals surface area contributed by atoms with Gasteiger partial charge in [0.25, 0.3) is 0 Å². The molecule has 0 amide bonds. The quantitative estimate of drug-likeness (QED) is 0.0814. The number of aromatic nitrogens is 8. The summed E-state index contributed by atoms with van der Waals surface area (Å²) in [6.07, 6.45) is 10.9. The van der Waals surface area contributed by atoms with Gasteiger partial charge in [0.15, 0.2) is 11.3 Å². The van der Waals surface area contributed by atoms with Crippen LogP contribution in [0.15, 0.2) is 65.8 Å². The Kier molecular flexibility index (Phi) is 14.6. The average molecular weight is 949 g/mol. The Morgan fingerprint density at radius 1 is 0.603 bits per heavy atom. The van der Waals surface area contributed by atoms with Crippen LogP contribution in [-0.2, 0) is 10.0 Å². The minimum atomic E-state index is -3.58. The summed E-state index contributed by atoms with van der Waals surface area (Å²) < 4.78 is 44.3. The van der Waals surface area contributed by atoms with Crippen molar-refractivity contribution in [1.82, 2.24) is 54.1 Å². The van der Waals surface area contributed by atoms with Crippen LogP contribution in [0.3, 0.4) is 0 Å². The van der Waals surface area contributed by atoms with Gasteiger partial charge in [0, 0.05) is 56.1 Å². The van der Waals surface area contributed by atoms with Gasteiger partial charge >= 0.3 is 12.0 Å². The van der Waals surface area contributed by atoms with Crippen molar-refractivity contribution < 1.29 is 17.9 Å². The molecular weight excluding hydrogens is 881 g/mol. The summed E-state index contributed by atoms with van der Waals surface area (Å²) in [5, 5.41) is 22.9. The van der Waals surface area contributed by atoms with Crippen molar-refractivity contribution in [3.05, 3.63) is 83.2 Å². The van der Waals surface area contributed by atoms with E-state index < -0.39 is 10.0 Å². The lowest BCUT2D eigenvalue weighted by Crippen LogP contribution is -2.38. The summed E-state index contributed by atoms with van der Waals surface area (Å²) >= 11 is 0. The minimum absolute atomic E-state index is 0.00299. The summed E-state index contributed by atoms with van der Waals surface area (Å²) in [4.78, 5) is 21.6. The van der Waals surface area contributed by atoms with Crippen molar-refractivity contribution in [3.63, 3.8) is 0 Å². The maximum absolute atomic E-state index is 13.4. The van der Waals surface area contributed by atoms with Gasteiger partial charge in [-0.15, -0.1) is 0 Å². The molecule has 4 aliphatic rings. The molecule has 6 aromatic rings. The predicted molar refractivity (Wildman–Crippen MR) is 265 cm³/mol. The highest BCUT2D eigenvalue weighted by Gasteiger charge is 2.31. The van der Waals surface area contributed by atoms with E-state index in [1.54, 1.807) is 21.0 Å². The third kappa shape index (κ3) is 10.4. The second-order valence-electron chi connectivity index (χ2n) is 19.1. The van der Waals surface area contributed by atoms with Gasteiger partial charge in [-0.25, -0.2) is 8.42 Å². The molecule has 4 unspecified atom stereocenters. The Hall–Kier alpha value is -5.63. The van der Waals surface area contributed by atoms with Crippen LogP contribution in [0.4, 0.5) is 17.6 Å². The van der Waals surface area contributed by atoms with Crippen LogP contribution in [0.2, 0.25) is 0 Å². The van der Waals surface area contributed by atoms with Crippen molar-refractivity contribution in [2.45, 2.75) is 128 Å². The van der Waals surface area contributed by atoms with E-state index >= 15 is 0 Å². The number of benzene rings is 2. The molecule has 4 N–H and O–H groups in total. The van der Waals surface area contributed by atoms with Gasteiger partial charge in [-0.2, -0.15) is 43.5 Å². The number of nitrogens with one attached hydrogen (secondary N) is 4. The number of hydrogen-bond donors (Lipinski definition) is 4. The molecule has 10 rings (SSSR count). The van der Waals surface area contributed by atoms with E-state index in [1.165, 1.54) is 17.7 Å². The van der Waals surface area contributed by atoms with E-state index in [2.05, 4.69) is 100 Å². The number of anilines is 3. The Labute approximate surface area is 400 Å². The van der Waals surface area contributed by atoms with Gasteiger partial charge in [-0.1, -0.05) is 64.1 Å². The number of nitrogens with zero attached hydrogens (tertiary/aromatic N) is 10. The fourth-order valence-electron chi connectivity index (χ4n) is 9.38. The highest BCUT2D eigenvalue weighted by molar-refractivity contribution is 7.89. The Bertz CT molecular complexity index is 2760. The standard InChI is InChI=1S/C25H35N7O3S.C24H33N7O/c1-17(2)21-16-27-32-23(21)29-25(35-19-9-8-12-26-15-19)30-24(32)28-18(3)20-10-4-5-11-22(20)36(33,34)31-13-6-7-14-31;1-16(2)20-15-26-31-22(20)28-24(32-18-8-6-11-25-14-18)29-23(31)27-17(3)19-9-4-5-10-21(19)30-12-7-13-30/h4-5,10-11,16-19,26H,6-9,12-15H2,1-3H3,(H,28,29,30);4-5,9-10,15-18,25H,6-8,11-14H2,1-3H3,(H,27,28,29). The first-order valence-electron chi connectivity index (χ1n) is 24.7. The van der Waals surface area contributed by atoms with Crippen LogP contribution in [0.5, 0.6) is 12.0 Å². The molecule has 4 atom stereocenters. The molecular formula is C49H68N14O4S. The van der Waals surface area contributed by atoms with Crippen molar-refractivity contribution >= 4 is 38.9 Å². The normalized spacial score (nSPS) is 20.0. The molecule has 2 aromatic carbocycles. The summed E-state index contributed by atoms with van der Waals surface area (Å²) in [5.41, 5.74) is 6.82. The first-order valence-corrected chi connectivity index (χ1v) is 26.1. The van der Waals surface area contributed by atoms with E-state index in [1.807, 2.05) is 36.0 Å². The highest BCUT2D eigenvalue weighted by Crippen LogP contribution is 2.34. The van der Waals surface area contributed by atoms with E-state index in [-0.39, 0.29) is 30.2 Å². The second-order valence-corrected chi connectivity index (χ2v) is 21.0. The number of fused-ring (bicyclic) bond motifs is 2. The number of ether oxygens (including phenoxy) is 2. The fourth-order valence-corrected chi connectivity index (χ4v) is 11.2. The maximum atomic E-state index is 13.4. The first-order chi connectivity index (χ1) is 32.9. The second kappa shape index (κ2) is 20.9. The Balaban J connectivity index is 0.000000171. The van der Waals surface area contributed by atoms with Crippen LogP contribution in [0.1, 0.15) is 133 Å². The molecule has 0 bridgehead atoms. The van der Waals surface area contributed by atoms with Crippen molar-refractivity contribution in [2.75, 3.05) is 67.9 Å². The molecule has 4 aliphatic heterocycles. The van der Waals surface area contributed by atoms with E-state index in [9.17, 15) is 8.42 Å². The lowest BCUT2D eigenvalue weighted by Gasteiger charge is -2.36. The van der Waals surface area contributed by atoms with Crippen LogP contribution in [0.25, 0.3) is 11.3 Å². The maximum Gasteiger partial charge on any atom is 0.322 e. The smallest absolute Gasteiger partial charge is 0.322 e. The van der Waals surface area contributed by atoms with Gasteiger partial charge < -0.3 is 35.6 Å². The average Bonchev–Trinajstić information content (AvgIpc) is 4.12. The van der Waals surface area contributed by atoms with E-state index in [0.717, 1.165) is 94.6 Å². The Morgan fingerprint density at radius 2 is 1.10 bits per heavy atom. The lowest BCUT2D eigenvalue weighted by atomic mass is 10.0. The van der Waals surface area contributed by atoms with Gasteiger partial charge in [-0.05, 0) is 107 Å². The number of hydrogen-bond acceptors (Lipinski definition) is 15. The molecule has 18 nitrogen and oxygen atoms in total. The number of piperidine rings is 2. The summed E-state index contributed by atoms with van der Waals surface area (Å²) in [6, 6.07) is 16.2. The molecule has 4 fully saturated rings. The van der Waals surface area contributed by atoms with E-state index in [4.69, 9.17) is 24.4 Å². The van der Waals surface area contributed by atoms with Crippen LogP contribution in [-0.4, -0.2) is 116 Å². The van der Waals surface area contributed by atoms with Crippen molar-refractivity contribution in [3.8, 4) is 12.0 Å². The summed E-state index contributed by atoms with van der Waals surface area (Å²) in [7, 11) is -3.58. The van der Waals surface area contributed by atoms with E-state index in [0.29, 0.717) is 59.0 Å². The highest BCUT2D eigenvalue weighted by atomic mass is 32.2. The monoisotopic (exact) mass is 949 g/mol. The molecule has 19 heteroatoms. The molecule has 0 spiro atoms. The van der Waals surface area contributed by atoms with Gasteiger partial charge in [0.05, 0.1) is 29.4 Å². The molecule has 4 aromatic heterocycles. The SMILES string of the molecule is CC(C)c1cnn2c(NC(C)c3ccccc3N3CCC3)nc(OC3CCCNC3)nc12.CC(C)c1cnn2c(NC(C)c3ccccc3S(=O)(=O)N3CCCC3)nc(OC3CCCNC3)nc12. The fraction of sp³-hybridized carbons (Fsp3) is 0.551. The third-order valence-electron chi connectivity index (χ3n) is 13.4. The Morgan fingerprint density at radius 3 is 1.59 bits per heavy atom. The summed E-state index contributed by atoms with van der Waals surface area (Å²) in [6.45, 7) is 19.6. The topological polar surface area (TPSA) is 193 Å². The first kappa shape index (κ1) is 47.4. The molecule has 8 heterocycles. The summed E-state index contributed by atoms with van der Waals surface area (Å²) in [5.74, 6) is 1.65. The molecule has 0 radical (unpaired) electrons. The molecule has 0 aliphatic carbocycles. The zero-order valence-corrected chi connectivity index (χ0v) is 41.2. The van der Waals surface area contributed by atoms with Crippen molar-refractivity contribution in [2.24, 2.45) is 0 Å². The third-order valence-corrected chi connectivity index (χ3v) is 15.4. The molecule has 4 saturated heterocycles. The predicted octanol–water partition coefficient (Wildman–Crippen LogP) is 7.10. The van der Waals surface area contributed by atoms with Gasteiger partial charge in [0.2, 0.25) is 21.9 Å². The van der Waals surface area contributed by atoms with Crippen LogP contribution < -0.4 is 35.6 Å². The van der Waals surface area contributed by atoms with Crippen molar-refractivity contribution in [1.29, 1.82) is 0 Å². The number of para-hydroxylation sites is 1. The van der Waals surface area contributed by atoms with Gasteiger partial charge in [-0.3, -0.25) is 0 Å². The zero-order valence-electron chi connectivity index (χ0n) is 40.4. The molecule has 68 heavy (non-hydrogen) atoms. The molecule has 0 saturated carbocycles. The number of rotatable bonds is 15. The zero-order chi connectivity index (χ0) is 47.4. The number of sulfonamides is 1.